The van der Waals surface area contributed by atoms with Gasteiger partial charge < -0.3 is 14.2 Å². The molecule has 0 N–H and O–H groups in total. The van der Waals surface area contributed by atoms with E-state index in [0.717, 1.165) is 64.8 Å². The Hall–Kier alpha value is -0.450. The van der Waals surface area contributed by atoms with Gasteiger partial charge in [0, 0.05) is 30.0 Å². The lowest BCUT2D eigenvalue weighted by Gasteiger charge is -2.42. The number of unbranched alkanes of at least 4 members (excludes halogenated alkanes) is 2. The molecule has 4 heteroatoms. The van der Waals surface area contributed by atoms with Crippen molar-refractivity contribution in [3.8, 4) is 0 Å². The Balaban J connectivity index is 1.09. The molecule has 29 heavy (non-hydrogen) atoms. The maximum atomic E-state index is 13.1. The van der Waals surface area contributed by atoms with Crippen molar-refractivity contribution in [3.05, 3.63) is 0 Å². The number of ketones is 1. The Bertz CT molecular complexity index is 638. The summed E-state index contributed by atoms with van der Waals surface area (Å²) in [6.07, 6.45) is 9.03. The van der Waals surface area contributed by atoms with Crippen molar-refractivity contribution in [2.75, 3.05) is 19.8 Å². The third-order valence-corrected chi connectivity index (χ3v) is 7.87. The second-order valence-corrected chi connectivity index (χ2v) is 12.4. The lowest BCUT2D eigenvalue weighted by Crippen LogP contribution is -2.46. The van der Waals surface area contributed by atoms with Gasteiger partial charge in [0.15, 0.2) is 0 Å². The van der Waals surface area contributed by atoms with Crippen LogP contribution in [-0.2, 0) is 19.0 Å². The Labute approximate surface area is 177 Å². The van der Waals surface area contributed by atoms with E-state index in [4.69, 9.17) is 14.2 Å². The Morgan fingerprint density at radius 3 is 2.21 bits per heavy atom. The maximum Gasteiger partial charge on any atom is 0.142 e. The molecule has 4 rings (SSSR count). The standard InChI is InChI=1S/C25H42O4/c1-21(2,3)28-11-9-7-8-10-27-17-23-14-24(16-25(23,24)15-23)20(26)18-12-19(13-18)29-22(4,5)6/h18-19H,7-17H2,1-6H3. The normalized spacial score (nSPS) is 39.8. The van der Waals surface area contributed by atoms with Gasteiger partial charge in [-0.15, -0.1) is 0 Å². The molecule has 1 spiro atoms. The van der Waals surface area contributed by atoms with E-state index in [-0.39, 0.29) is 28.6 Å². The second kappa shape index (κ2) is 7.03. The van der Waals surface area contributed by atoms with E-state index in [0.29, 0.717) is 16.6 Å². The summed E-state index contributed by atoms with van der Waals surface area (Å²) in [6, 6.07) is 0. The molecule has 0 heterocycles. The minimum absolute atomic E-state index is 0.0334. The van der Waals surface area contributed by atoms with Gasteiger partial charge >= 0.3 is 0 Å². The first-order valence-corrected chi connectivity index (χ1v) is 11.9. The summed E-state index contributed by atoms with van der Waals surface area (Å²) in [6.45, 7) is 15.2. The molecule has 4 nitrogen and oxygen atoms in total. The number of hydrogen-bond donors (Lipinski definition) is 0. The van der Waals surface area contributed by atoms with Crippen LogP contribution in [0.25, 0.3) is 0 Å². The summed E-state index contributed by atoms with van der Waals surface area (Å²) < 4.78 is 17.8. The SMILES string of the molecule is CC(C)(C)OCCCCCOCC12CC3(C(=O)C4CC(OC(C)(C)C)C4)CC13C2. The van der Waals surface area contributed by atoms with Crippen LogP contribution >= 0.6 is 0 Å². The van der Waals surface area contributed by atoms with Gasteiger partial charge in [-0.1, -0.05) is 0 Å². The number of rotatable bonds is 11. The van der Waals surface area contributed by atoms with Crippen molar-refractivity contribution in [2.45, 2.75) is 110 Å². The van der Waals surface area contributed by atoms with Crippen molar-refractivity contribution in [2.24, 2.45) is 22.2 Å². The van der Waals surface area contributed by atoms with Crippen LogP contribution in [0.15, 0.2) is 0 Å². The van der Waals surface area contributed by atoms with E-state index in [1.807, 2.05) is 0 Å². The molecule has 4 aliphatic carbocycles. The lowest BCUT2D eigenvalue weighted by molar-refractivity contribution is -0.151. The number of hydrogen-bond acceptors (Lipinski definition) is 4. The minimum Gasteiger partial charge on any atom is -0.381 e. The fraction of sp³-hybridized carbons (Fsp3) is 0.960. The van der Waals surface area contributed by atoms with Crippen molar-refractivity contribution in [1.82, 2.24) is 0 Å². The highest BCUT2D eigenvalue weighted by Gasteiger charge is 2.98. The number of carbonyl (C=O) groups is 1. The van der Waals surface area contributed by atoms with E-state index < -0.39 is 0 Å². The van der Waals surface area contributed by atoms with Crippen molar-refractivity contribution in [3.63, 3.8) is 0 Å². The zero-order valence-corrected chi connectivity index (χ0v) is 19.6. The zero-order chi connectivity index (χ0) is 21.1. The molecule has 3 atom stereocenters. The zero-order valence-electron chi connectivity index (χ0n) is 19.6. The third-order valence-electron chi connectivity index (χ3n) is 7.87. The molecule has 0 amide bonds. The Morgan fingerprint density at radius 1 is 0.897 bits per heavy atom. The van der Waals surface area contributed by atoms with Crippen LogP contribution in [0.5, 0.6) is 0 Å². The molecule has 0 aromatic rings. The highest BCUT2D eigenvalue weighted by atomic mass is 16.5. The highest BCUT2D eigenvalue weighted by Crippen LogP contribution is 3.01. The molecule has 0 aromatic carbocycles. The minimum atomic E-state index is -0.100. The van der Waals surface area contributed by atoms with E-state index in [1.165, 1.54) is 6.42 Å². The molecule has 0 aliphatic heterocycles. The average Bonchev–Trinajstić information content (AvgIpc) is 3.31. The molecule has 3 unspecified atom stereocenters. The number of Topliss-reactive ketones (excluding diaryl/α,β-unsaturated/α-hetero) is 1. The van der Waals surface area contributed by atoms with E-state index >= 15 is 0 Å². The van der Waals surface area contributed by atoms with Crippen LogP contribution in [0.4, 0.5) is 0 Å². The predicted octanol–water partition coefficient (Wildman–Crippen LogP) is 5.32. The smallest absolute Gasteiger partial charge is 0.142 e. The van der Waals surface area contributed by atoms with Gasteiger partial charge in [-0.25, -0.2) is 0 Å². The number of ether oxygens (including phenoxy) is 3. The summed E-state index contributed by atoms with van der Waals surface area (Å²) >= 11 is 0. The fourth-order valence-electron chi connectivity index (χ4n) is 6.41. The van der Waals surface area contributed by atoms with Crippen LogP contribution < -0.4 is 0 Å². The van der Waals surface area contributed by atoms with Gasteiger partial charge in [-0.05, 0) is 98.3 Å². The number of carbonyl (C=O) groups excluding carboxylic acids is 1. The molecule has 0 radical (unpaired) electrons. The van der Waals surface area contributed by atoms with Crippen molar-refractivity contribution >= 4 is 5.78 Å². The first-order valence-electron chi connectivity index (χ1n) is 11.9. The molecule has 0 bridgehead atoms. The van der Waals surface area contributed by atoms with Crippen LogP contribution in [0.3, 0.4) is 0 Å². The first-order chi connectivity index (χ1) is 13.4. The molecule has 4 saturated carbocycles. The van der Waals surface area contributed by atoms with Crippen LogP contribution in [0, 0.1) is 22.2 Å². The van der Waals surface area contributed by atoms with Gasteiger partial charge in [0.25, 0.3) is 0 Å². The molecule has 4 fully saturated rings. The topological polar surface area (TPSA) is 44.8 Å². The molecule has 0 saturated heterocycles. The Morgan fingerprint density at radius 2 is 1.59 bits per heavy atom. The quantitative estimate of drug-likeness (QED) is 0.436. The van der Waals surface area contributed by atoms with Crippen molar-refractivity contribution in [1.29, 1.82) is 0 Å². The van der Waals surface area contributed by atoms with E-state index in [2.05, 4.69) is 41.5 Å². The fourth-order valence-corrected chi connectivity index (χ4v) is 6.41. The van der Waals surface area contributed by atoms with Gasteiger partial charge in [0.1, 0.15) is 5.78 Å². The summed E-state index contributed by atoms with van der Waals surface area (Å²) in [5, 5.41) is 0. The molecular weight excluding hydrogens is 364 g/mol. The van der Waals surface area contributed by atoms with Gasteiger partial charge in [-0.2, -0.15) is 0 Å². The molecular formula is C25H42O4. The van der Waals surface area contributed by atoms with Gasteiger partial charge in [0.05, 0.1) is 23.9 Å². The summed E-state index contributed by atoms with van der Waals surface area (Å²) in [7, 11) is 0. The maximum absolute atomic E-state index is 13.1. The van der Waals surface area contributed by atoms with E-state index in [9.17, 15) is 4.79 Å². The largest absolute Gasteiger partial charge is 0.381 e. The molecule has 4 aliphatic rings. The van der Waals surface area contributed by atoms with Gasteiger partial charge in [-0.3, -0.25) is 4.79 Å². The second-order valence-electron chi connectivity index (χ2n) is 12.4. The lowest BCUT2D eigenvalue weighted by atomic mass is 9.65. The summed E-state index contributed by atoms with van der Waals surface area (Å²) in [5.41, 5.74) is 0.639. The van der Waals surface area contributed by atoms with Crippen molar-refractivity contribution < 1.29 is 19.0 Å². The Kier molecular flexibility index (Phi) is 5.28. The monoisotopic (exact) mass is 406 g/mol. The summed E-state index contributed by atoms with van der Waals surface area (Å²) in [4.78, 5) is 13.1. The highest BCUT2D eigenvalue weighted by molar-refractivity contribution is 5.95. The van der Waals surface area contributed by atoms with Gasteiger partial charge in [0.2, 0.25) is 0 Å². The first kappa shape index (κ1) is 21.8. The van der Waals surface area contributed by atoms with Crippen LogP contribution in [-0.4, -0.2) is 42.9 Å². The van der Waals surface area contributed by atoms with Crippen LogP contribution in [0.1, 0.15) is 92.9 Å². The molecule has 166 valence electrons. The third kappa shape index (κ3) is 3.94. The molecule has 0 aromatic heterocycles. The average molecular weight is 407 g/mol. The van der Waals surface area contributed by atoms with E-state index in [1.54, 1.807) is 0 Å². The van der Waals surface area contributed by atoms with Crippen LogP contribution in [0.2, 0.25) is 0 Å². The predicted molar refractivity (Wildman–Crippen MR) is 114 cm³/mol. The summed E-state index contributed by atoms with van der Waals surface area (Å²) in [5.74, 6) is 0.829.